The molecule has 0 saturated heterocycles. The second-order valence-corrected chi connectivity index (χ2v) is 7.57. The van der Waals surface area contributed by atoms with Gasteiger partial charge in [0, 0.05) is 17.8 Å². The number of hydrogen-bond acceptors (Lipinski definition) is 5. The lowest BCUT2D eigenvalue weighted by Crippen LogP contribution is -2.37. The highest BCUT2D eigenvalue weighted by molar-refractivity contribution is 5.95. The number of hydrogen-bond donors (Lipinski definition) is 1. The molecule has 7 nitrogen and oxygen atoms in total. The van der Waals surface area contributed by atoms with Crippen molar-refractivity contribution < 1.29 is 19.2 Å². The first-order valence-electron chi connectivity index (χ1n) is 10.3. The van der Waals surface area contributed by atoms with Gasteiger partial charge in [0.2, 0.25) is 5.91 Å². The lowest BCUT2D eigenvalue weighted by atomic mass is 9.78. The molecule has 2 aromatic rings. The van der Waals surface area contributed by atoms with E-state index in [1.807, 2.05) is 24.3 Å². The molecule has 2 aromatic carbocycles. The van der Waals surface area contributed by atoms with Crippen molar-refractivity contribution in [2.75, 3.05) is 5.32 Å². The van der Waals surface area contributed by atoms with Gasteiger partial charge in [0.15, 0.2) is 0 Å². The number of benzene rings is 2. The van der Waals surface area contributed by atoms with E-state index in [4.69, 9.17) is 4.74 Å². The topological polar surface area (TPSA) is 98.5 Å². The van der Waals surface area contributed by atoms with E-state index in [1.54, 1.807) is 12.1 Å². The summed E-state index contributed by atoms with van der Waals surface area (Å²) in [6, 6.07) is 13.6. The van der Waals surface area contributed by atoms with Gasteiger partial charge in [-0.2, -0.15) is 0 Å². The number of nitrogens with one attached hydrogen (secondary N) is 1. The lowest BCUT2D eigenvalue weighted by Gasteiger charge is -2.29. The van der Waals surface area contributed by atoms with E-state index in [0.29, 0.717) is 18.4 Å². The third kappa shape index (κ3) is 5.43. The summed E-state index contributed by atoms with van der Waals surface area (Å²) in [5.74, 6) is -1.45. The highest BCUT2D eigenvalue weighted by Crippen LogP contribution is 2.32. The van der Waals surface area contributed by atoms with Crippen LogP contribution in [0.15, 0.2) is 48.5 Å². The Morgan fingerprint density at radius 2 is 1.60 bits per heavy atom. The number of rotatable bonds is 7. The van der Waals surface area contributed by atoms with E-state index < -0.39 is 22.7 Å². The molecule has 0 aromatic heterocycles. The summed E-state index contributed by atoms with van der Waals surface area (Å²) in [6.45, 7) is 2.10. The standard InChI is InChI=1S/C23H26N2O5/c1-2-16-7-11-18(12-8-16)24-22(26)20-5-3-4-6-21(20)23(27)30-15-17-9-13-19(14-10-17)25(28)29/h7-14,20-21H,2-6,15H2,1H3,(H,24,26). The number of amides is 1. The molecule has 1 amide bonds. The average molecular weight is 410 g/mol. The summed E-state index contributed by atoms with van der Waals surface area (Å²) in [5, 5.41) is 13.7. The van der Waals surface area contributed by atoms with Crippen LogP contribution in [-0.2, 0) is 27.4 Å². The molecular weight excluding hydrogens is 384 g/mol. The minimum atomic E-state index is -0.480. The van der Waals surface area contributed by atoms with Crippen LogP contribution in [0.1, 0.15) is 43.7 Å². The van der Waals surface area contributed by atoms with E-state index in [2.05, 4.69) is 12.2 Å². The summed E-state index contributed by atoms with van der Waals surface area (Å²) in [5.41, 5.74) is 2.57. The van der Waals surface area contributed by atoms with Crippen LogP contribution in [0.3, 0.4) is 0 Å². The number of nitrogens with zero attached hydrogens (tertiary/aromatic N) is 1. The number of aryl methyl sites for hydroxylation is 1. The molecule has 1 aliphatic rings. The minimum absolute atomic E-state index is 0.0129. The number of anilines is 1. The molecule has 1 N–H and O–H groups in total. The Morgan fingerprint density at radius 1 is 1.00 bits per heavy atom. The summed E-state index contributed by atoms with van der Waals surface area (Å²) < 4.78 is 5.44. The fourth-order valence-electron chi connectivity index (χ4n) is 3.76. The zero-order chi connectivity index (χ0) is 21.5. The second-order valence-electron chi connectivity index (χ2n) is 7.57. The van der Waals surface area contributed by atoms with Crippen molar-refractivity contribution in [2.24, 2.45) is 11.8 Å². The molecule has 1 aliphatic carbocycles. The van der Waals surface area contributed by atoms with Crippen LogP contribution in [0.5, 0.6) is 0 Å². The molecule has 2 atom stereocenters. The quantitative estimate of drug-likeness (QED) is 0.407. The van der Waals surface area contributed by atoms with Gasteiger partial charge in [-0.3, -0.25) is 19.7 Å². The SMILES string of the molecule is CCc1ccc(NC(=O)C2CCCCC2C(=O)OCc2ccc([N+](=O)[O-])cc2)cc1. The van der Waals surface area contributed by atoms with Crippen LogP contribution >= 0.6 is 0 Å². The van der Waals surface area contributed by atoms with Gasteiger partial charge in [0.1, 0.15) is 6.61 Å². The lowest BCUT2D eigenvalue weighted by molar-refractivity contribution is -0.384. The summed E-state index contributed by atoms with van der Waals surface area (Å²) >= 11 is 0. The maximum atomic E-state index is 12.8. The molecule has 0 radical (unpaired) electrons. The highest BCUT2D eigenvalue weighted by atomic mass is 16.6. The smallest absolute Gasteiger partial charge is 0.310 e. The highest BCUT2D eigenvalue weighted by Gasteiger charge is 2.36. The summed E-state index contributed by atoms with van der Waals surface area (Å²) in [6.07, 6.45) is 3.98. The maximum absolute atomic E-state index is 12.8. The Balaban J connectivity index is 1.59. The van der Waals surface area contributed by atoms with Gasteiger partial charge in [0.05, 0.1) is 16.8 Å². The molecule has 3 rings (SSSR count). The fraction of sp³-hybridized carbons (Fsp3) is 0.391. The van der Waals surface area contributed by atoms with E-state index in [9.17, 15) is 19.7 Å². The van der Waals surface area contributed by atoms with E-state index in [-0.39, 0.29) is 18.2 Å². The predicted molar refractivity (Wildman–Crippen MR) is 113 cm³/mol. The molecule has 30 heavy (non-hydrogen) atoms. The first-order valence-corrected chi connectivity index (χ1v) is 10.3. The number of nitro groups is 1. The van der Waals surface area contributed by atoms with Crippen molar-refractivity contribution in [3.05, 3.63) is 69.8 Å². The average Bonchev–Trinajstić information content (AvgIpc) is 2.78. The van der Waals surface area contributed by atoms with E-state index >= 15 is 0 Å². The van der Waals surface area contributed by atoms with Crippen LogP contribution in [0, 0.1) is 22.0 Å². The minimum Gasteiger partial charge on any atom is -0.461 e. The van der Waals surface area contributed by atoms with Crippen molar-refractivity contribution in [1.29, 1.82) is 0 Å². The van der Waals surface area contributed by atoms with Gasteiger partial charge >= 0.3 is 5.97 Å². The maximum Gasteiger partial charge on any atom is 0.310 e. The van der Waals surface area contributed by atoms with Crippen molar-refractivity contribution in [3.63, 3.8) is 0 Å². The fourth-order valence-corrected chi connectivity index (χ4v) is 3.76. The molecule has 2 unspecified atom stereocenters. The van der Waals surface area contributed by atoms with Gasteiger partial charge in [0.25, 0.3) is 5.69 Å². The number of ether oxygens (including phenoxy) is 1. The number of carbonyl (C=O) groups is 2. The third-order valence-electron chi connectivity index (χ3n) is 5.56. The Hall–Kier alpha value is -3.22. The monoisotopic (exact) mass is 410 g/mol. The number of nitro benzene ring substituents is 1. The summed E-state index contributed by atoms with van der Waals surface area (Å²) in [4.78, 5) is 35.8. The van der Waals surface area contributed by atoms with Gasteiger partial charge in [-0.05, 0) is 54.7 Å². The van der Waals surface area contributed by atoms with Crippen LogP contribution in [0.4, 0.5) is 11.4 Å². The molecule has 158 valence electrons. The predicted octanol–water partition coefficient (Wildman–Crippen LogP) is 4.65. The molecule has 0 bridgehead atoms. The Morgan fingerprint density at radius 3 is 2.20 bits per heavy atom. The van der Waals surface area contributed by atoms with Crippen LogP contribution < -0.4 is 5.32 Å². The van der Waals surface area contributed by atoms with Crippen molar-refractivity contribution in [1.82, 2.24) is 0 Å². The van der Waals surface area contributed by atoms with Gasteiger partial charge < -0.3 is 10.1 Å². The molecule has 1 fully saturated rings. The zero-order valence-electron chi connectivity index (χ0n) is 17.0. The van der Waals surface area contributed by atoms with E-state index in [0.717, 1.165) is 24.9 Å². The number of carbonyl (C=O) groups excluding carboxylic acids is 2. The zero-order valence-corrected chi connectivity index (χ0v) is 17.0. The second kappa shape index (κ2) is 10.0. The van der Waals surface area contributed by atoms with Gasteiger partial charge in [-0.25, -0.2) is 0 Å². The molecule has 0 spiro atoms. The number of non-ortho nitro benzene ring substituents is 1. The molecular formula is C23H26N2O5. The number of esters is 1. The normalized spacial score (nSPS) is 18.4. The van der Waals surface area contributed by atoms with Crippen molar-refractivity contribution in [2.45, 2.75) is 45.6 Å². The molecule has 0 aliphatic heterocycles. The molecule has 1 saturated carbocycles. The molecule has 7 heteroatoms. The Bertz CT molecular complexity index is 893. The third-order valence-corrected chi connectivity index (χ3v) is 5.56. The van der Waals surface area contributed by atoms with Crippen molar-refractivity contribution in [3.8, 4) is 0 Å². The summed E-state index contributed by atoms with van der Waals surface area (Å²) in [7, 11) is 0. The first-order chi connectivity index (χ1) is 14.5. The Labute approximate surface area is 175 Å². The van der Waals surface area contributed by atoms with Crippen LogP contribution in [0.25, 0.3) is 0 Å². The largest absolute Gasteiger partial charge is 0.461 e. The van der Waals surface area contributed by atoms with E-state index in [1.165, 1.54) is 17.7 Å². The first kappa shape index (κ1) is 21.5. The Kier molecular flexibility index (Phi) is 7.17. The van der Waals surface area contributed by atoms with Crippen molar-refractivity contribution >= 4 is 23.3 Å². The van der Waals surface area contributed by atoms with Crippen LogP contribution in [0.2, 0.25) is 0 Å². The van der Waals surface area contributed by atoms with Crippen LogP contribution in [-0.4, -0.2) is 16.8 Å². The van der Waals surface area contributed by atoms with Gasteiger partial charge in [-0.15, -0.1) is 0 Å². The molecule has 0 heterocycles. The van der Waals surface area contributed by atoms with Gasteiger partial charge in [-0.1, -0.05) is 31.9 Å².